The summed E-state index contributed by atoms with van der Waals surface area (Å²) in [6, 6.07) is 0. The highest BCUT2D eigenvalue weighted by molar-refractivity contribution is 5.37. The summed E-state index contributed by atoms with van der Waals surface area (Å²) in [5, 5.41) is 20.8. The van der Waals surface area contributed by atoms with Crippen LogP contribution in [0.25, 0.3) is 0 Å². The predicted molar refractivity (Wildman–Crippen MR) is 120 cm³/mol. The second-order valence-electron chi connectivity index (χ2n) is 12.2. The number of hydrogen-bond acceptors (Lipinski definition) is 2. The highest BCUT2D eigenvalue weighted by atomic mass is 16.3. The molecule has 8 atom stereocenters. The van der Waals surface area contributed by atoms with Crippen LogP contribution in [0.3, 0.4) is 0 Å². The maximum atomic E-state index is 10.5. The first-order valence-electron chi connectivity index (χ1n) is 12.7. The fourth-order valence-corrected chi connectivity index (χ4v) is 8.86. The minimum Gasteiger partial charge on any atom is -0.393 e. The summed E-state index contributed by atoms with van der Waals surface area (Å²) in [6.45, 7) is 12.5. The zero-order valence-electron chi connectivity index (χ0n) is 19.7. The molecule has 0 amide bonds. The predicted octanol–water partition coefficient (Wildman–Crippen LogP) is 6.36. The Morgan fingerprint density at radius 2 is 1.72 bits per heavy atom. The van der Waals surface area contributed by atoms with Gasteiger partial charge in [0.15, 0.2) is 0 Å². The second-order valence-corrected chi connectivity index (χ2v) is 12.2. The Kier molecular flexibility index (Phi) is 6.01. The van der Waals surface area contributed by atoms with Gasteiger partial charge in [0.05, 0.1) is 12.7 Å². The molecule has 3 unspecified atom stereocenters. The van der Waals surface area contributed by atoms with E-state index in [2.05, 4.69) is 34.6 Å². The number of rotatable bonds is 6. The van der Waals surface area contributed by atoms with Crippen LogP contribution in [0.5, 0.6) is 0 Å². The second kappa shape index (κ2) is 7.97. The summed E-state index contributed by atoms with van der Waals surface area (Å²) in [4.78, 5) is 0. The largest absolute Gasteiger partial charge is 0.393 e. The Morgan fingerprint density at radius 1 is 0.966 bits per heavy atom. The van der Waals surface area contributed by atoms with Gasteiger partial charge in [-0.15, -0.1) is 0 Å². The van der Waals surface area contributed by atoms with Gasteiger partial charge in [0.1, 0.15) is 0 Å². The number of fused-ring (bicyclic) bond motifs is 5. The topological polar surface area (TPSA) is 40.5 Å². The molecule has 0 bridgehead atoms. The van der Waals surface area contributed by atoms with E-state index in [9.17, 15) is 10.2 Å². The van der Waals surface area contributed by atoms with Crippen molar-refractivity contribution < 1.29 is 10.2 Å². The molecule has 0 saturated heterocycles. The minimum absolute atomic E-state index is 0.191. The van der Waals surface area contributed by atoms with Gasteiger partial charge in [-0.05, 0) is 96.9 Å². The normalized spacial score (nSPS) is 45.3. The summed E-state index contributed by atoms with van der Waals surface area (Å²) < 4.78 is 0. The van der Waals surface area contributed by atoms with Crippen LogP contribution >= 0.6 is 0 Å². The molecule has 0 aromatic heterocycles. The average molecular weight is 403 g/mol. The Bertz CT molecular complexity index is 636. The van der Waals surface area contributed by atoms with Gasteiger partial charge < -0.3 is 10.2 Å². The van der Waals surface area contributed by atoms with Crippen LogP contribution in [-0.4, -0.2) is 22.9 Å². The highest BCUT2D eigenvalue weighted by Gasteiger charge is 2.62. The van der Waals surface area contributed by atoms with Crippen LogP contribution in [-0.2, 0) is 0 Å². The van der Waals surface area contributed by atoms with Crippen molar-refractivity contribution in [1.29, 1.82) is 0 Å². The molecule has 2 heteroatoms. The molecular weight excluding hydrogens is 356 g/mol. The Labute approximate surface area is 179 Å². The van der Waals surface area contributed by atoms with Gasteiger partial charge in [-0.25, -0.2) is 0 Å². The molecule has 2 nitrogen and oxygen atoms in total. The molecular formula is C27H46O2. The maximum absolute atomic E-state index is 10.5. The van der Waals surface area contributed by atoms with E-state index in [0.717, 1.165) is 42.9 Å². The molecule has 4 aliphatic rings. The summed E-state index contributed by atoms with van der Waals surface area (Å²) in [7, 11) is 0. The summed E-state index contributed by atoms with van der Waals surface area (Å²) in [5.41, 5.74) is 3.51. The highest BCUT2D eigenvalue weighted by Crippen LogP contribution is 2.70. The summed E-state index contributed by atoms with van der Waals surface area (Å²) >= 11 is 0. The molecule has 0 spiro atoms. The van der Waals surface area contributed by atoms with E-state index >= 15 is 0 Å². The third kappa shape index (κ3) is 3.45. The first kappa shape index (κ1) is 21.9. The van der Waals surface area contributed by atoms with Crippen LogP contribution in [0.2, 0.25) is 0 Å². The van der Waals surface area contributed by atoms with Crippen molar-refractivity contribution in [3.05, 3.63) is 11.1 Å². The standard InChI is InChI=1S/C27H46O2/c1-17(2)7-6-8-18(3)21-9-10-22-25-20(16-28)24-15-19(29)11-13-27(24,5)23(25)12-14-26(21,22)4/h17-19,21-23,25,28-29H,6-16H2,1-5H3/t18-,19+,21-,22?,23?,25?,26-,27-/m1/s1. The monoisotopic (exact) mass is 402 g/mol. The number of aliphatic hydroxyl groups is 2. The Balaban J connectivity index is 1.57. The molecule has 3 saturated carbocycles. The van der Waals surface area contributed by atoms with Gasteiger partial charge in [-0.3, -0.25) is 0 Å². The SMILES string of the molecule is CC(C)CCC[C@@H](C)[C@H]1CCC2C3C(CO)=C4C[C@@H](O)CC[C@]4(C)C3CC[C@@]21C. The van der Waals surface area contributed by atoms with Crippen molar-refractivity contribution in [1.82, 2.24) is 0 Å². The maximum Gasteiger partial charge on any atom is 0.0647 e. The zero-order chi connectivity index (χ0) is 21.0. The number of aliphatic hydroxyl groups excluding tert-OH is 2. The molecule has 166 valence electrons. The molecule has 4 aliphatic carbocycles. The van der Waals surface area contributed by atoms with Crippen LogP contribution < -0.4 is 0 Å². The van der Waals surface area contributed by atoms with Crippen LogP contribution in [0.15, 0.2) is 11.1 Å². The minimum atomic E-state index is -0.191. The van der Waals surface area contributed by atoms with Gasteiger partial charge in [0, 0.05) is 0 Å². The smallest absolute Gasteiger partial charge is 0.0647 e. The van der Waals surface area contributed by atoms with Gasteiger partial charge in [-0.1, -0.05) is 59.5 Å². The van der Waals surface area contributed by atoms with Crippen molar-refractivity contribution in [2.45, 2.75) is 105 Å². The van der Waals surface area contributed by atoms with Crippen molar-refractivity contribution >= 4 is 0 Å². The van der Waals surface area contributed by atoms with E-state index in [0.29, 0.717) is 17.3 Å². The fourth-order valence-electron chi connectivity index (χ4n) is 8.86. The van der Waals surface area contributed by atoms with E-state index in [1.165, 1.54) is 56.1 Å². The molecule has 2 N–H and O–H groups in total. The molecule has 0 aromatic rings. The molecule has 0 radical (unpaired) electrons. The summed E-state index contributed by atoms with van der Waals surface area (Å²) in [6.07, 6.45) is 12.3. The molecule has 29 heavy (non-hydrogen) atoms. The molecule has 0 aliphatic heterocycles. The van der Waals surface area contributed by atoms with E-state index < -0.39 is 0 Å². The van der Waals surface area contributed by atoms with Gasteiger partial charge >= 0.3 is 0 Å². The Morgan fingerprint density at radius 3 is 2.41 bits per heavy atom. The summed E-state index contributed by atoms with van der Waals surface area (Å²) in [5.74, 6) is 4.53. The molecule has 0 aromatic carbocycles. The molecule has 3 fully saturated rings. The average Bonchev–Trinajstić information content (AvgIpc) is 3.13. The lowest BCUT2D eigenvalue weighted by Gasteiger charge is -2.52. The fraction of sp³-hybridized carbons (Fsp3) is 0.926. The van der Waals surface area contributed by atoms with E-state index in [4.69, 9.17) is 0 Å². The Hall–Kier alpha value is -0.340. The van der Waals surface area contributed by atoms with Crippen LogP contribution in [0, 0.1) is 46.3 Å². The van der Waals surface area contributed by atoms with E-state index in [1.807, 2.05) is 0 Å². The lowest BCUT2D eigenvalue weighted by molar-refractivity contribution is -0.0229. The van der Waals surface area contributed by atoms with Crippen LogP contribution in [0.4, 0.5) is 0 Å². The van der Waals surface area contributed by atoms with Crippen molar-refractivity contribution in [2.24, 2.45) is 46.3 Å². The van der Waals surface area contributed by atoms with Gasteiger partial charge in [0.25, 0.3) is 0 Å². The van der Waals surface area contributed by atoms with E-state index in [-0.39, 0.29) is 18.1 Å². The van der Waals surface area contributed by atoms with Crippen molar-refractivity contribution in [3.63, 3.8) is 0 Å². The molecule has 0 heterocycles. The van der Waals surface area contributed by atoms with Crippen LogP contribution in [0.1, 0.15) is 98.8 Å². The lowest BCUT2D eigenvalue weighted by Crippen LogP contribution is -2.45. The third-order valence-corrected chi connectivity index (χ3v) is 10.4. The first-order chi connectivity index (χ1) is 13.7. The van der Waals surface area contributed by atoms with Crippen molar-refractivity contribution in [2.75, 3.05) is 6.61 Å². The zero-order valence-corrected chi connectivity index (χ0v) is 19.7. The van der Waals surface area contributed by atoms with E-state index in [1.54, 1.807) is 0 Å². The third-order valence-electron chi connectivity index (χ3n) is 10.4. The van der Waals surface area contributed by atoms with Crippen molar-refractivity contribution in [3.8, 4) is 0 Å². The lowest BCUT2D eigenvalue weighted by atomic mass is 9.52. The van der Waals surface area contributed by atoms with Gasteiger partial charge in [-0.2, -0.15) is 0 Å². The number of hydrogen-bond donors (Lipinski definition) is 2. The first-order valence-corrected chi connectivity index (χ1v) is 12.7. The molecule has 4 rings (SSSR count). The van der Waals surface area contributed by atoms with Gasteiger partial charge in [0.2, 0.25) is 0 Å². The quantitative estimate of drug-likeness (QED) is 0.507.